The Hall–Kier alpha value is -0.120. The van der Waals surface area contributed by atoms with Gasteiger partial charge in [0.2, 0.25) is 0 Å². The Morgan fingerprint density at radius 3 is 2.38 bits per heavy atom. The average molecular weight is 296 g/mol. The zero-order valence-corrected chi connectivity index (χ0v) is 15.0. The molecule has 1 saturated carbocycles. The maximum Gasteiger partial charge on any atom is 0.0624 e. The number of piperazine rings is 1. The van der Waals surface area contributed by atoms with Gasteiger partial charge in [-0.15, -0.1) is 0 Å². The van der Waals surface area contributed by atoms with Crippen molar-refractivity contribution in [2.45, 2.75) is 72.0 Å². The van der Waals surface area contributed by atoms with E-state index < -0.39 is 0 Å². The Bertz CT molecular complexity index is 327. The first kappa shape index (κ1) is 17.2. The van der Waals surface area contributed by atoms with E-state index in [0.29, 0.717) is 29.5 Å². The molecule has 2 aliphatic rings. The second kappa shape index (κ2) is 6.97. The van der Waals surface area contributed by atoms with Crippen LogP contribution in [0.3, 0.4) is 0 Å². The number of nitrogens with one attached hydrogen (secondary N) is 1. The monoisotopic (exact) mass is 296 g/mol. The largest absolute Gasteiger partial charge is 0.380 e. The maximum atomic E-state index is 5.82. The van der Waals surface area contributed by atoms with Gasteiger partial charge in [0.25, 0.3) is 0 Å². The molecule has 3 nitrogen and oxygen atoms in total. The van der Waals surface area contributed by atoms with Crippen molar-refractivity contribution in [3.8, 4) is 0 Å². The van der Waals surface area contributed by atoms with E-state index in [1.807, 2.05) is 0 Å². The van der Waals surface area contributed by atoms with Crippen molar-refractivity contribution < 1.29 is 4.74 Å². The van der Waals surface area contributed by atoms with Crippen molar-refractivity contribution in [3.63, 3.8) is 0 Å². The highest BCUT2D eigenvalue weighted by Gasteiger charge is 2.48. The van der Waals surface area contributed by atoms with E-state index in [-0.39, 0.29) is 0 Å². The molecule has 3 heteroatoms. The SMILES string of the molecule is CCOCC(C(C)C)N1CC(C)(C2CC2)NCC1C(C)C. The van der Waals surface area contributed by atoms with Gasteiger partial charge in [0.05, 0.1) is 6.61 Å². The maximum absolute atomic E-state index is 5.82. The molecule has 1 N–H and O–H groups in total. The summed E-state index contributed by atoms with van der Waals surface area (Å²) in [7, 11) is 0. The molecule has 1 aliphatic heterocycles. The summed E-state index contributed by atoms with van der Waals surface area (Å²) in [6.07, 6.45) is 2.81. The van der Waals surface area contributed by atoms with Crippen LogP contribution in [0.4, 0.5) is 0 Å². The second-order valence-corrected chi connectivity index (χ2v) is 8.03. The normalized spacial score (nSPS) is 32.9. The molecule has 1 aliphatic carbocycles. The molecule has 2 rings (SSSR count). The van der Waals surface area contributed by atoms with Crippen molar-refractivity contribution in [1.82, 2.24) is 10.2 Å². The van der Waals surface area contributed by atoms with Gasteiger partial charge in [-0.2, -0.15) is 0 Å². The summed E-state index contributed by atoms with van der Waals surface area (Å²) >= 11 is 0. The molecule has 2 fully saturated rings. The molecule has 0 aromatic carbocycles. The van der Waals surface area contributed by atoms with Crippen LogP contribution in [0.5, 0.6) is 0 Å². The molecule has 0 aromatic rings. The van der Waals surface area contributed by atoms with Gasteiger partial charge in [0, 0.05) is 37.3 Å². The molecule has 3 atom stereocenters. The summed E-state index contributed by atoms with van der Waals surface area (Å²) in [5.74, 6) is 2.21. The Balaban J connectivity index is 2.14. The molecule has 0 radical (unpaired) electrons. The number of rotatable bonds is 7. The molecule has 21 heavy (non-hydrogen) atoms. The minimum atomic E-state index is 0.310. The van der Waals surface area contributed by atoms with Crippen molar-refractivity contribution in [2.75, 3.05) is 26.3 Å². The first-order valence-corrected chi connectivity index (χ1v) is 8.97. The van der Waals surface area contributed by atoms with Crippen molar-refractivity contribution in [3.05, 3.63) is 0 Å². The smallest absolute Gasteiger partial charge is 0.0624 e. The third-order valence-corrected chi connectivity index (χ3v) is 5.59. The van der Waals surface area contributed by atoms with Gasteiger partial charge in [-0.05, 0) is 44.4 Å². The van der Waals surface area contributed by atoms with Gasteiger partial charge >= 0.3 is 0 Å². The lowest BCUT2D eigenvalue weighted by atomic mass is 9.85. The Morgan fingerprint density at radius 2 is 1.90 bits per heavy atom. The van der Waals surface area contributed by atoms with E-state index in [0.717, 1.165) is 25.7 Å². The fourth-order valence-corrected chi connectivity index (χ4v) is 3.89. The second-order valence-electron chi connectivity index (χ2n) is 8.03. The molecular formula is C18H36N2O. The summed E-state index contributed by atoms with van der Waals surface area (Å²) in [4.78, 5) is 2.78. The van der Waals surface area contributed by atoms with E-state index in [9.17, 15) is 0 Å². The van der Waals surface area contributed by atoms with Crippen LogP contribution in [0.25, 0.3) is 0 Å². The first-order chi connectivity index (χ1) is 9.89. The van der Waals surface area contributed by atoms with Gasteiger partial charge in [-0.3, -0.25) is 4.90 Å². The summed E-state index contributed by atoms with van der Waals surface area (Å²) < 4.78 is 5.82. The van der Waals surface area contributed by atoms with Gasteiger partial charge in [0.1, 0.15) is 0 Å². The molecular weight excluding hydrogens is 260 g/mol. The minimum absolute atomic E-state index is 0.310. The van der Waals surface area contributed by atoms with Crippen molar-refractivity contribution in [1.29, 1.82) is 0 Å². The van der Waals surface area contributed by atoms with Crippen LogP contribution >= 0.6 is 0 Å². The highest BCUT2D eigenvalue weighted by Crippen LogP contribution is 2.42. The molecule has 1 heterocycles. The fourth-order valence-electron chi connectivity index (χ4n) is 3.89. The van der Waals surface area contributed by atoms with E-state index in [2.05, 4.69) is 51.8 Å². The van der Waals surface area contributed by atoms with E-state index in [4.69, 9.17) is 4.74 Å². The quantitative estimate of drug-likeness (QED) is 0.781. The van der Waals surface area contributed by atoms with Crippen LogP contribution in [0.15, 0.2) is 0 Å². The molecule has 0 amide bonds. The summed E-state index contributed by atoms with van der Waals surface area (Å²) in [6, 6.07) is 1.17. The van der Waals surface area contributed by atoms with Gasteiger partial charge < -0.3 is 10.1 Å². The number of hydrogen-bond donors (Lipinski definition) is 1. The lowest BCUT2D eigenvalue weighted by Crippen LogP contribution is -2.68. The molecule has 0 bridgehead atoms. The lowest BCUT2D eigenvalue weighted by Gasteiger charge is -2.52. The first-order valence-electron chi connectivity index (χ1n) is 8.97. The summed E-state index contributed by atoms with van der Waals surface area (Å²) in [5.41, 5.74) is 0.310. The zero-order chi connectivity index (χ0) is 15.6. The third kappa shape index (κ3) is 4.00. The van der Waals surface area contributed by atoms with Crippen LogP contribution in [-0.4, -0.2) is 48.8 Å². The summed E-state index contributed by atoms with van der Waals surface area (Å²) in [5, 5.41) is 3.89. The molecule has 124 valence electrons. The van der Waals surface area contributed by atoms with Crippen LogP contribution in [-0.2, 0) is 4.74 Å². The van der Waals surface area contributed by atoms with E-state index in [1.165, 1.54) is 19.4 Å². The molecule has 0 spiro atoms. The average Bonchev–Trinajstić information content (AvgIpc) is 3.23. The Labute approximate surface area is 131 Å². The highest BCUT2D eigenvalue weighted by molar-refractivity contribution is 5.05. The van der Waals surface area contributed by atoms with E-state index >= 15 is 0 Å². The van der Waals surface area contributed by atoms with Crippen LogP contribution < -0.4 is 5.32 Å². The molecule has 1 saturated heterocycles. The van der Waals surface area contributed by atoms with Crippen molar-refractivity contribution >= 4 is 0 Å². The molecule has 0 aromatic heterocycles. The topological polar surface area (TPSA) is 24.5 Å². The van der Waals surface area contributed by atoms with Gasteiger partial charge in [-0.25, -0.2) is 0 Å². The van der Waals surface area contributed by atoms with Crippen LogP contribution in [0, 0.1) is 17.8 Å². The van der Waals surface area contributed by atoms with Crippen LogP contribution in [0.1, 0.15) is 54.4 Å². The number of hydrogen-bond acceptors (Lipinski definition) is 3. The molecule has 3 unspecified atom stereocenters. The number of nitrogens with zero attached hydrogens (tertiary/aromatic N) is 1. The van der Waals surface area contributed by atoms with Crippen molar-refractivity contribution in [2.24, 2.45) is 17.8 Å². The van der Waals surface area contributed by atoms with E-state index in [1.54, 1.807) is 0 Å². The highest BCUT2D eigenvalue weighted by atomic mass is 16.5. The number of ether oxygens (including phenoxy) is 1. The van der Waals surface area contributed by atoms with Gasteiger partial charge in [-0.1, -0.05) is 27.7 Å². The summed E-state index contributed by atoms with van der Waals surface area (Å²) in [6.45, 7) is 17.9. The third-order valence-electron chi connectivity index (χ3n) is 5.59. The van der Waals surface area contributed by atoms with Gasteiger partial charge in [0.15, 0.2) is 0 Å². The predicted octanol–water partition coefficient (Wildman–Crippen LogP) is 3.15. The lowest BCUT2D eigenvalue weighted by molar-refractivity contribution is -0.0319. The Morgan fingerprint density at radius 1 is 1.24 bits per heavy atom. The standard InChI is InChI=1S/C18H36N2O/c1-7-21-11-17(14(4)5)20-12-18(6,15-8-9-15)19-10-16(20)13(2)3/h13-17,19H,7-12H2,1-6H3. The Kier molecular flexibility index (Phi) is 5.72. The predicted molar refractivity (Wildman–Crippen MR) is 89.6 cm³/mol. The minimum Gasteiger partial charge on any atom is -0.380 e. The van der Waals surface area contributed by atoms with Crippen LogP contribution in [0.2, 0.25) is 0 Å². The fraction of sp³-hybridized carbons (Fsp3) is 1.00. The zero-order valence-electron chi connectivity index (χ0n) is 15.0.